The Bertz CT molecular complexity index is 1200. The predicted octanol–water partition coefficient (Wildman–Crippen LogP) is 4.55. The summed E-state index contributed by atoms with van der Waals surface area (Å²) < 4.78 is 7.60. The molecular formula is C26H30N4O3. The summed E-state index contributed by atoms with van der Waals surface area (Å²) in [6.45, 7) is 10.7. The molecule has 2 aromatic carbocycles. The Morgan fingerprint density at radius 3 is 2.24 bits per heavy atom. The molecule has 1 aromatic heterocycles. The van der Waals surface area contributed by atoms with Crippen molar-refractivity contribution in [2.75, 3.05) is 6.54 Å². The van der Waals surface area contributed by atoms with Crippen LogP contribution in [0.5, 0.6) is 0 Å². The molecule has 1 aliphatic rings. The van der Waals surface area contributed by atoms with Crippen LogP contribution in [0.25, 0.3) is 16.9 Å². The van der Waals surface area contributed by atoms with E-state index < -0.39 is 11.5 Å². The Balaban J connectivity index is 1.85. The van der Waals surface area contributed by atoms with Gasteiger partial charge in [0.15, 0.2) is 0 Å². The zero-order valence-electron chi connectivity index (χ0n) is 19.8. The van der Waals surface area contributed by atoms with Crippen molar-refractivity contribution in [2.24, 2.45) is 5.73 Å². The van der Waals surface area contributed by atoms with Gasteiger partial charge in [-0.15, -0.1) is 0 Å². The van der Waals surface area contributed by atoms with Crippen molar-refractivity contribution >= 4 is 12.0 Å². The summed E-state index contributed by atoms with van der Waals surface area (Å²) in [7, 11) is 0. The summed E-state index contributed by atoms with van der Waals surface area (Å²) in [6.07, 6.45) is 0.307. The van der Waals surface area contributed by atoms with E-state index in [0.29, 0.717) is 25.1 Å². The lowest BCUT2D eigenvalue weighted by Gasteiger charge is -2.30. The van der Waals surface area contributed by atoms with E-state index in [0.717, 1.165) is 39.3 Å². The van der Waals surface area contributed by atoms with Crippen LogP contribution in [-0.4, -0.2) is 38.8 Å². The molecule has 7 nitrogen and oxygen atoms in total. The molecule has 2 heterocycles. The summed E-state index contributed by atoms with van der Waals surface area (Å²) in [5.41, 5.74) is 12.3. The van der Waals surface area contributed by atoms with Crippen molar-refractivity contribution in [1.82, 2.24) is 14.7 Å². The second kappa shape index (κ2) is 8.39. The molecule has 0 atom stereocenters. The van der Waals surface area contributed by atoms with Gasteiger partial charge in [-0.05, 0) is 57.9 Å². The maximum Gasteiger partial charge on any atom is 0.410 e. The van der Waals surface area contributed by atoms with Gasteiger partial charge in [0, 0.05) is 29.7 Å². The Kier molecular flexibility index (Phi) is 5.74. The SMILES string of the molecule is Cc1cccc(C)c1-n1nc2c(c1-c1ccc(C(N)=O)cc1)CN(C(=O)OC(C)(C)C)CC2. The number of aromatic nitrogens is 2. The highest BCUT2D eigenvalue weighted by Gasteiger charge is 2.31. The van der Waals surface area contributed by atoms with E-state index >= 15 is 0 Å². The van der Waals surface area contributed by atoms with Crippen LogP contribution in [-0.2, 0) is 17.7 Å². The van der Waals surface area contributed by atoms with Crippen LogP contribution in [0.3, 0.4) is 0 Å². The van der Waals surface area contributed by atoms with Gasteiger partial charge in [0.25, 0.3) is 0 Å². The van der Waals surface area contributed by atoms with Crippen LogP contribution in [0.15, 0.2) is 42.5 Å². The molecule has 3 aromatic rings. The summed E-state index contributed by atoms with van der Waals surface area (Å²) in [4.78, 5) is 26.1. The van der Waals surface area contributed by atoms with E-state index in [2.05, 4.69) is 26.0 Å². The quantitative estimate of drug-likeness (QED) is 0.639. The first-order chi connectivity index (χ1) is 15.5. The lowest BCUT2D eigenvalue weighted by Crippen LogP contribution is -2.39. The number of carbonyl (C=O) groups is 2. The van der Waals surface area contributed by atoms with Gasteiger partial charge in [0.2, 0.25) is 5.91 Å². The summed E-state index contributed by atoms with van der Waals surface area (Å²) in [5.74, 6) is -0.470. The van der Waals surface area contributed by atoms with Crippen molar-refractivity contribution < 1.29 is 14.3 Å². The molecule has 33 heavy (non-hydrogen) atoms. The molecule has 7 heteroatoms. The Morgan fingerprint density at radius 2 is 1.67 bits per heavy atom. The minimum Gasteiger partial charge on any atom is -0.444 e. The molecule has 4 rings (SSSR count). The van der Waals surface area contributed by atoms with Gasteiger partial charge in [-0.3, -0.25) is 4.79 Å². The number of rotatable bonds is 3. The van der Waals surface area contributed by atoms with Crippen molar-refractivity contribution in [3.63, 3.8) is 0 Å². The van der Waals surface area contributed by atoms with Gasteiger partial charge >= 0.3 is 6.09 Å². The molecule has 0 spiro atoms. The first kappa shape index (κ1) is 22.6. The third kappa shape index (κ3) is 4.49. The van der Waals surface area contributed by atoms with E-state index in [4.69, 9.17) is 15.6 Å². The fourth-order valence-electron chi connectivity index (χ4n) is 4.25. The van der Waals surface area contributed by atoms with Crippen molar-refractivity contribution in [1.29, 1.82) is 0 Å². The largest absolute Gasteiger partial charge is 0.444 e. The van der Waals surface area contributed by atoms with Gasteiger partial charge in [-0.25, -0.2) is 9.48 Å². The number of benzene rings is 2. The van der Waals surface area contributed by atoms with E-state index in [1.165, 1.54) is 0 Å². The molecule has 0 bridgehead atoms. The van der Waals surface area contributed by atoms with Crippen LogP contribution in [0.2, 0.25) is 0 Å². The van der Waals surface area contributed by atoms with Gasteiger partial charge < -0.3 is 15.4 Å². The Labute approximate surface area is 194 Å². The number of aryl methyl sites for hydroxylation is 2. The minimum absolute atomic E-state index is 0.331. The maximum absolute atomic E-state index is 12.8. The van der Waals surface area contributed by atoms with Crippen molar-refractivity contribution in [3.8, 4) is 16.9 Å². The monoisotopic (exact) mass is 446 g/mol. The van der Waals surface area contributed by atoms with Gasteiger partial charge in [0.1, 0.15) is 5.60 Å². The maximum atomic E-state index is 12.8. The summed E-state index contributed by atoms with van der Waals surface area (Å²) in [6, 6.07) is 13.4. The molecule has 1 aliphatic heterocycles. The second-order valence-corrected chi connectivity index (χ2v) is 9.52. The number of hydrogen-bond donors (Lipinski definition) is 1. The van der Waals surface area contributed by atoms with Crippen molar-refractivity contribution in [2.45, 2.75) is 53.2 Å². The Hall–Kier alpha value is -3.61. The molecule has 0 radical (unpaired) electrons. The van der Waals surface area contributed by atoms with E-state index in [-0.39, 0.29) is 6.09 Å². The van der Waals surface area contributed by atoms with E-state index in [9.17, 15) is 9.59 Å². The molecule has 2 N–H and O–H groups in total. The molecule has 0 aliphatic carbocycles. The molecule has 0 unspecified atom stereocenters. The highest BCUT2D eigenvalue weighted by Crippen LogP contribution is 2.35. The standard InChI is InChI=1S/C26H30N4O3/c1-16-7-6-8-17(2)22(16)30-23(18-9-11-19(12-10-18)24(27)31)20-15-29(14-13-21(20)28-30)25(32)33-26(3,4)5/h6-12H,13-15H2,1-5H3,(H2,27,31). The number of amides is 2. The third-order valence-corrected chi connectivity index (χ3v) is 5.78. The normalized spacial score (nSPS) is 13.5. The van der Waals surface area contributed by atoms with Crippen LogP contribution in [0, 0.1) is 13.8 Å². The lowest BCUT2D eigenvalue weighted by atomic mass is 9.99. The average molecular weight is 447 g/mol. The van der Waals surface area contributed by atoms with Crippen LogP contribution < -0.4 is 5.73 Å². The highest BCUT2D eigenvalue weighted by atomic mass is 16.6. The fourth-order valence-corrected chi connectivity index (χ4v) is 4.25. The van der Waals surface area contributed by atoms with Crippen LogP contribution in [0.1, 0.15) is 53.5 Å². The number of primary amides is 1. The van der Waals surface area contributed by atoms with Crippen molar-refractivity contribution in [3.05, 3.63) is 70.4 Å². The highest BCUT2D eigenvalue weighted by molar-refractivity contribution is 5.93. The lowest BCUT2D eigenvalue weighted by molar-refractivity contribution is 0.0224. The van der Waals surface area contributed by atoms with Gasteiger partial charge in [0.05, 0.1) is 23.6 Å². The number of para-hydroxylation sites is 1. The average Bonchev–Trinajstić information content (AvgIpc) is 3.10. The predicted molar refractivity (Wildman–Crippen MR) is 127 cm³/mol. The molecule has 0 fully saturated rings. The number of fused-ring (bicyclic) bond motifs is 1. The second-order valence-electron chi connectivity index (χ2n) is 9.52. The number of hydrogen-bond acceptors (Lipinski definition) is 4. The zero-order valence-corrected chi connectivity index (χ0v) is 19.8. The number of nitrogens with two attached hydrogens (primary N) is 1. The first-order valence-corrected chi connectivity index (χ1v) is 11.1. The first-order valence-electron chi connectivity index (χ1n) is 11.1. The minimum atomic E-state index is -0.562. The summed E-state index contributed by atoms with van der Waals surface area (Å²) >= 11 is 0. The zero-order chi connectivity index (χ0) is 23.9. The van der Waals surface area contributed by atoms with E-state index in [1.807, 2.05) is 43.7 Å². The fraction of sp³-hybridized carbons (Fsp3) is 0.346. The van der Waals surface area contributed by atoms with Gasteiger partial charge in [-0.2, -0.15) is 5.10 Å². The van der Waals surface area contributed by atoms with Crippen LogP contribution in [0.4, 0.5) is 4.79 Å². The number of nitrogens with zero attached hydrogens (tertiary/aromatic N) is 3. The van der Waals surface area contributed by atoms with Crippen LogP contribution >= 0.6 is 0 Å². The molecular weight excluding hydrogens is 416 g/mol. The summed E-state index contributed by atoms with van der Waals surface area (Å²) in [5, 5.41) is 4.99. The topological polar surface area (TPSA) is 90.5 Å². The van der Waals surface area contributed by atoms with Gasteiger partial charge in [-0.1, -0.05) is 30.3 Å². The third-order valence-electron chi connectivity index (χ3n) is 5.78. The number of ether oxygens (including phenoxy) is 1. The smallest absolute Gasteiger partial charge is 0.410 e. The molecule has 2 amide bonds. The molecule has 0 saturated carbocycles. The molecule has 0 saturated heterocycles. The number of carbonyl (C=O) groups excluding carboxylic acids is 2. The Morgan fingerprint density at radius 1 is 1.03 bits per heavy atom. The molecule has 172 valence electrons. The van der Waals surface area contributed by atoms with E-state index in [1.54, 1.807) is 17.0 Å².